The van der Waals surface area contributed by atoms with Gasteiger partial charge in [-0.15, -0.1) is 0 Å². The third-order valence-electron chi connectivity index (χ3n) is 9.94. The molecule has 6 rings (SSSR count). The first-order valence-electron chi connectivity index (χ1n) is 18.1. The van der Waals surface area contributed by atoms with Crippen molar-refractivity contribution in [2.24, 2.45) is 0 Å². The zero-order chi connectivity index (χ0) is 38.1. The van der Waals surface area contributed by atoms with Crippen LogP contribution < -0.4 is 21.2 Å². The fourth-order valence-electron chi connectivity index (χ4n) is 7.35. The fraction of sp³-hybridized carbons (Fsp3) is 0.238. The number of hydrogen-bond donors (Lipinski definition) is 0. The Bertz CT molecular complexity index is 2110. The minimum atomic E-state index is -4.36. The summed E-state index contributed by atoms with van der Waals surface area (Å²) in [6, 6.07) is 49.3. The molecule has 0 saturated heterocycles. The molecule has 0 saturated carbocycles. The molecule has 280 valence electrons. The van der Waals surface area contributed by atoms with E-state index in [1.54, 1.807) is 0 Å². The number of rotatable bonds is 18. The predicted molar refractivity (Wildman–Crippen MR) is 222 cm³/mol. The van der Waals surface area contributed by atoms with Crippen LogP contribution in [0.15, 0.2) is 146 Å². The number of aromatic nitrogens is 2. The molecule has 54 heavy (non-hydrogen) atoms. The first kappa shape index (κ1) is 39.8. The molecule has 1 heterocycles. The highest BCUT2D eigenvalue weighted by molar-refractivity contribution is 7.89. The van der Waals surface area contributed by atoms with Gasteiger partial charge in [-0.25, -0.2) is 26.8 Å². The summed E-state index contributed by atoms with van der Waals surface area (Å²) < 4.78 is 70.0. The Morgan fingerprint density at radius 2 is 0.685 bits per heavy atom. The van der Waals surface area contributed by atoms with E-state index in [4.69, 9.17) is 9.97 Å². The highest BCUT2D eigenvalue weighted by Crippen LogP contribution is 2.63. The monoisotopic (exact) mass is 798 g/mol. The molecule has 0 unspecified atom stereocenters. The van der Waals surface area contributed by atoms with Crippen LogP contribution in [-0.4, -0.2) is 59.7 Å². The van der Waals surface area contributed by atoms with E-state index in [9.17, 15) is 25.9 Å². The number of hydrogen-bond acceptors (Lipinski definition) is 8. The molecule has 0 aliphatic carbocycles. The Kier molecular flexibility index (Phi) is 13.1. The lowest BCUT2D eigenvalue weighted by Gasteiger charge is -2.30. The minimum absolute atomic E-state index is 0.263. The average molecular weight is 799 g/mol. The normalized spacial score (nSPS) is 12.6. The second kappa shape index (κ2) is 17.7. The van der Waals surface area contributed by atoms with E-state index in [0.717, 1.165) is 43.6 Å². The first-order valence-corrected chi connectivity index (χ1v) is 25.5. The zero-order valence-corrected chi connectivity index (χ0v) is 33.4. The predicted octanol–water partition coefficient (Wildman–Crippen LogP) is 6.62. The Morgan fingerprint density at radius 1 is 0.407 bits per heavy atom. The quantitative estimate of drug-likeness (QED) is 0.0538. The lowest BCUT2D eigenvalue weighted by Crippen LogP contribution is -2.29. The van der Waals surface area contributed by atoms with E-state index in [1.165, 1.54) is 0 Å². The highest BCUT2D eigenvalue weighted by atomic mass is 32.2. The van der Waals surface area contributed by atoms with Crippen LogP contribution in [0.2, 0.25) is 0 Å². The molecular formula is C42H44N2O6P2S2. The maximum absolute atomic E-state index is 11.7. The van der Waals surface area contributed by atoms with Crippen molar-refractivity contribution in [1.29, 1.82) is 0 Å². The van der Waals surface area contributed by atoms with Crippen LogP contribution in [0.1, 0.15) is 37.1 Å². The van der Waals surface area contributed by atoms with E-state index in [-0.39, 0.29) is 12.8 Å². The van der Waals surface area contributed by atoms with Gasteiger partial charge in [-0.2, -0.15) is 0 Å². The van der Waals surface area contributed by atoms with Gasteiger partial charge in [-0.05, 0) is 86.3 Å². The van der Waals surface area contributed by atoms with Gasteiger partial charge in [0.25, 0.3) is 0 Å². The smallest absolute Gasteiger partial charge is 0.113 e. The van der Waals surface area contributed by atoms with Gasteiger partial charge in [0.2, 0.25) is 0 Å². The molecule has 8 nitrogen and oxygen atoms in total. The fourth-order valence-corrected chi connectivity index (χ4v) is 17.2. The van der Waals surface area contributed by atoms with Crippen LogP contribution in [0.3, 0.4) is 0 Å². The van der Waals surface area contributed by atoms with Crippen LogP contribution in [0, 0.1) is 0 Å². The van der Waals surface area contributed by atoms with E-state index in [2.05, 4.69) is 48.5 Å². The third-order valence-corrected chi connectivity index (χ3v) is 20.5. The second-order valence-electron chi connectivity index (χ2n) is 13.6. The van der Waals surface area contributed by atoms with E-state index in [1.807, 2.05) is 97.1 Å². The molecule has 0 radical (unpaired) electrons. The molecular weight excluding hydrogens is 755 g/mol. The van der Waals surface area contributed by atoms with Crippen LogP contribution in [0.4, 0.5) is 0 Å². The summed E-state index contributed by atoms with van der Waals surface area (Å²) in [4.78, 5) is 10.8. The number of unbranched alkanes of at least 4 members (excludes halogenated alkanes) is 2. The lowest BCUT2D eigenvalue weighted by atomic mass is 10.2. The molecule has 12 heteroatoms. The lowest BCUT2D eigenvalue weighted by molar-refractivity contribution is 0.458. The molecule has 0 atom stereocenters. The largest absolute Gasteiger partial charge is 0.748 e. The van der Waals surface area contributed by atoms with Crippen molar-refractivity contribution in [1.82, 2.24) is 9.97 Å². The number of para-hydroxylation sites is 2. The van der Waals surface area contributed by atoms with Crippen molar-refractivity contribution < 1.29 is 25.9 Å². The third kappa shape index (κ3) is 10.0. The molecule has 0 spiro atoms. The summed E-state index contributed by atoms with van der Waals surface area (Å²) in [6.45, 7) is 0. The molecule has 0 amide bonds. The van der Waals surface area contributed by atoms with Gasteiger partial charge in [0.1, 0.15) is 23.7 Å². The van der Waals surface area contributed by atoms with Crippen LogP contribution >= 0.6 is 14.5 Å². The van der Waals surface area contributed by atoms with E-state index >= 15 is 0 Å². The standard InChI is InChI=1S/C42H44N2O6P2S2/c45-53(46,47)31-17-15-29-51(35-19-5-1-6-20-35,36-21-7-2-8-22-36)33-41-42(44-40-28-14-13-27-39(40)43-41)34-52(37-23-9-3-10-24-37,38-25-11-4-12-26-38)30-16-18-32-54(48,49)50/h1-14,19-28H,15-18,29-34H2. The second-order valence-corrected chi connectivity index (χ2v) is 24.1. The number of benzene rings is 5. The minimum Gasteiger partial charge on any atom is -0.748 e. The topological polar surface area (TPSA) is 140 Å². The van der Waals surface area contributed by atoms with Crippen LogP contribution in [0.5, 0.6) is 0 Å². The van der Waals surface area contributed by atoms with Gasteiger partial charge < -0.3 is 9.11 Å². The van der Waals surface area contributed by atoms with Crippen LogP contribution in [0.25, 0.3) is 11.0 Å². The van der Waals surface area contributed by atoms with Gasteiger partial charge in [0.15, 0.2) is 0 Å². The Balaban J connectivity index is 1.54. The number of fused-ring (bicyclic) bond motifs is 1. The summed E-state index contributed by atoms with van der Waals surface area (Å²) in [5.74, 6) is -0.821. The molecule has 0 N–H and O–H groups in total. The van der Waals surface area contributed by atoms with Gasteiger partial charge in [-0.1, -0.05) is 84.9 Å². The van der Waals surface area contributed by atoms with Crippen molar-refractivity contribution in [3.05, 3.63) is 157 Å². The molecule has 5 aromatic carbocycles. The summed E-state index contributed by atoms with van der Waals surface area (Å²) in [5, 5.41) is 4.64. The maximum Gasteiger partial charge on any atom is 0.113 e. The molecule has 0 bridgehead atoms. The van der Waals surface area contributed by atoms with Crippen molar-refractivity contribution in [2.75, 3.05) is 23.8 Å². The summed E-state index contributed by atoms with van der Waals surface area (Å²) >= 11 is 0. The summed E-state index contributed by atoms with van der Waals surface area (Å²) in [7, 11) is -13.4. The van der Waals surface area contributed by atoms with Gasteiger partial charge in [-0.3, -0.25) is 0 Å². The maximum atomic E-state index is 11.7. The highest BCUT2D eigenvalue weighted by Gasteiger charge is 2.47. The van der Waals surface area contributed by atoms with Gasteiger partial charge in [0, 0.05) is 11.5 Å². The number of nitrogens with zero attached hydrogens (tertiary/aromatic N) is 2. The Labute approximate surface area is 320 Å². The molecule has 0 aliphatic rings. The molecule has 0 fully saturated rings. The molecule has 0 aliphatic heterocycles. The Morgan fingerprint density at radius 3 is 0.963 bits per heavy atom. The van der Waals surface area contributed by atoms with E-state index in [0.29, 0.717) is 37.5 Å². The summed E-state index contributed by atoms with van der Waals surface area (Å²) in [6.07, 6.45) is 4.09. The van der Waals surface area contributed by atoms with E-state index < -0.39 is 46.3 Å². The molecule has 1 aromatic heterocycles. The van der Waals surface area contributed by atoms with Gasteiger partial charge >= 0.3 is 0 Å². The molecule has 6 aromatic rings. The van der Waals surface area contributed by atoms with Crippen molar-refractivity contribution in [3.8, 4) is 0 Å². The first-order chi connectivity index (χ1) is 26.0. The summed E-state index contributed by atoms with van der Waals surface area (Å²) in [5.41, 5.74) is 3.28. The van der Waals surface area contributed by atoms with Crippen LogP contribution in [-0.2, 0) is 32.6 Å². The SMILES string of the molecule is O=S(=O)([O-])CCCC[P+](Cc1nc2ccccc2nc1C[P+](CCCCS(=O)(=O)[O-])(c1ccccc1)c1ccccc1)(c1ccccc1)c1ccccc1. The van der Waals surface area contributed by atoms with Crippen molar-refractivity contribution >= 4 is 67.0 Å². The Hall–Kier alpha value is -3.88. The van der Waals surface area contributed by atoms with Gasteiger partial charge in [0.05, 0.1) is 79.3 Å². The van der Waals surface area contributed by atoms with Crippen molar-refractivity contribution in [2.45, 2.75) is 38.0 Å². The van der Waals surface area contributed by atoms with Crippen molar-refractivity contribution in [3.63, 3.8) is 0 Å². The average Bonchev–Trinajstić information content (AvgIpc) is 3.18. The zero-order valence-electron chi connectivity index (χ0n) is 30.0.